The van der Waals surface area contributed by atoms with Crippen molar-refractivity contribution in [2.45, 2.75) is 6.42 Å². The van der Waals surface area contributed by atoms with E-state index in [2.05, 4.69) is 32.0 Å². The van der Waals surface area contributed by atoms with Crippen LogP contribution < -0.4 is 5.73 Å². The van der Waals surface area contributed by atoms with Gasteiger partial charge in [-0.3, -0.25) is 9.97 Å². The second kappa shape index (κ2) is 5.07. The lowest BCUT2D eigenvalue weighted by Crippen LogP contribution is -1.93. The molecular weight excluding hydrogens is 266 g/mol. The minimum atomic E-state index is 0.735. The van der Waals surface area contributed by atoms with E-state index in [0.29, 0.717) is 0 Å². The number of nitrogens with two attached hydrogens (primary N) is 1. The molecule has 4 heteroatoms. The van der Waals surface area contributed by atoms with E-state index in [0.717, 1.165) is 34.0 Å². The molecule has 16 heavy (non-hydrogen) atoms. The number of benzene rings is 1. The van der Waals surface area contributed by atoms with Crippen molar-refractivity contribution >= 4 is 38.7 Å². The number of nitrogen functional groups attached to an aromatic ring is 1. The fraction of sp³-hybridized carbons (Fsp3) is 0.167. The Labute approximate surface area is 103 Å². The Morgan fingerprint density at radius 1 is 1.25 bits per heavy atom. The molecule has 0 fully saturated rings. The molecule has 0 aliphatic rings. The molecule has 1 aromatic heterocycles. The molecule has 0 saturated carbocycles. The summed E-state index contributed by atoms with van der Waals surface area (Å²) in [4.78, 5) is 8.57. The summed E-state index contributed by atoms with van der Waals surface area (Å²) in [5.41, 5.74) is 9.35. The summed E-state index contributed by atoms with van der Waals surface area (Å²) < 4.78 is 0. The highest BCUT2D eigenvalue weighted by Crippen LogP contribution is 2.22. The quantitative estimate of drug-likeness (QED) is 0.693. The lowest BCUT2D eigenvalue weighted by molar-refractivity contribution is 1.27. The second-order valence-electron chi connectivity index (χ2n) is 3.37. The fourth-order valence-electron chi connectivity index (χ4n) is 1.51. The summed E-state index contributed by atoms with van der Waals surface area (Å²) in [6, 6.07) is 3.75. The molecule has 1 aromatic carbocycles. The molecule has 0 amide bonds. The van der Waals surface area contributed by atoms with E-state index in [-0.39, 0.29) is 0 Å². The first kappa shape index (κ1) is 11.1. The van der Waals surface area contributed by atoms with Crippen LogP contribution in [0.3, 0.4) is 0 Å². The van der Waals surface area contributed by atoms with Gasteiger partial charge in [0, 0.05) is 29.0 Å². The van der Waals surface area contributed by atoms with Gasteiger partial charge in [0.1, 0.15) is 0 Å². The highest BCUT2D eigenvalue weighted by atomic mass is 79.9. The van der Waals surface area contributed by atoms with Gasteiger partial charge in [0.2, 0.25) is 0 Å². The van der Waals surface area contributed by atoms with Gasteiger partial charge >= 0.3 is 0 Å². The van der Waals surface area contributed by atoms with E-state index >= 15 is 0 Å². The number of aromatic nitrogens is 2. The Hall–Kier alpha value is -1.42. The van der Waals surface area contributed by atoms with Gasteiger partial charge in [0.15, 0.2) is 0 Å². The highest BCUT2D eigenvalue weighted by Gasteiger charge is 2.03. The molecule has 0 unspecified atom stereocenters. The monoisotopic (exact) mass is 277 g/mol. The van der Waals surface area contributed by atoms with Gasteiger partial charge in [0.25, 0.3) is 0 Å². The summed E-state index contributed by atoms with van der Waals surface area (Å²) >= 11 is 3.38. The highest BCUT2D eigenvalue weighted by molar-refractivity contribution is 9.09. The molecule has 0 aliphatic carbocycles. The van der Waals surface area contributed by atoms with Gasteiger partial charge in [-0.2, -0.15) is 0 Å². The maximum Gasteiger partial charge on any atom is 0.0979 e. The normalized spacial score (nSPS) is 11.3. The van der Waals surface area contributed by atoms with Gasteiger partial charge in [-0.15, -0.1) is 0 Å². The molecule has 0 spiro atoms. The van der Waals surface area contributed by atoms with Crippen molar-refractivity contribution in [2.24, 2.45) is 0 Å². The number of hydrogen-bond donors (Lipinski definition) is 1. The average Bonchev–Trinajstić information content (AvgIpc) is 2.32. The number of fused-ring (bicyclic) bond motifs is 1. The number of allylic oxidation sites excluding steroid dienone is 1. The van der Waals surface area contributed by atoms with Crippen LogP contribution in [0.4, 0.5) is 5.69 Å². The summed E-state index contributed by atoms with van der Waals surface area (Å²) in [5.74, 6) is 0. The molecule has 2 N–H and O–H groups in total. The molecule has 2 aromatic rings. The van der Waals surface area contributed by atoms with E-state index in [1.807, 2.05) is 18.2 Å². The Bertz CT molecular complexity index is 523. The zero-order valence-electron chi connectivity index (χ0n) is 8.73. The van der Waals surface area contributed by atoms with Gasteiger partial charge in [-0.1, -0.05) is 28.1 Å². The summed E-state index contributed by atoms with van der Waals surface area (Å²) in [5, 5.41) is 0.944. The Balaban J connectivity index is 2.52. The standard InChI is InChI=1S/C12H12BrN3/c13-6-2-1-3-9-10(14)4-5-11-12(9)16-8-7-15-11/h1,3-5,7-8H,2,6,14H2. The molecule has 1 heterocycles. The Morgan fingerprint density at radius 2 is 2.06 bits per heavy atom. The Morgan fingerprint density at radius 3 is 2.88 bits per heavy atom. The van der Waals surface area contributed by atoms with Crippen LogP contribution in [0.2, 0.25) is 0 Å². The summed E-state index contributed by atoms with van der Waals surface area (Å²) in [6.45, 7) is 0. The van der Waals surface area contributed by atoms with E-state index in [9.17, 15) is 0 Å². The minimum absolute atomic E-state index is 0.735. The van der Waals surface area contributed by atoms with Crippen LogP contribution in [-0.2, 0) is 0 Å². The van der Waals surface area contributed by atoms with Crippen molar-refractivity contribution in [3.8, 4) is 0 Å². The maximum atomic E-state index is 5.94. The average molecular weight is 278 g/mol. The van der Waals surface area contributed by atoms with Gasteiger partial charge in [0.05, 0.1) is 11.0 Å². The third kappa shape index (κ3) is 2.22. The number of alkyl halides is 1. The summed E-state index contributed by atoms with van der Waals surface area (Å²) in [7, 11) is 0. The zero-order chi connectivity index (χ0) is 11.4. The first-order valence-corrected chi connectivity index (χ1v) is 6.17. The van der Waals surface area contributed by atoms with Crippen LogP contribution in [0, 0.1) is 0 Å². The molecule has 82 valence electrons. The predicted octanol–water partition coefficient (Wildman–Crippen LogP) is 3.01. The molecule has 0 saturated heterocycles. The van der Waals surface area contributed by atoms with Crippen LogP contribution in [0.15, 0.2) is 30.6 Å². The van der Waals surface area contributed by atoms with Crippen LogP contribution in [0.5, 0.6) is 0 Å². The lowest BCUT2D eigenvalue weighted by Gasteiger charge is -2.04. The van der Waals surface area contributed by atoms with Crippen LogP contribution in [0.25, 0.3) is 17.1 Å². The zero-order valence-corrected chi connectivity index (χ0v) is 10.3. The first-order chi connectivity index (χ1) is 7.83. The molecule has 0 bridgehead atoms. The number of halogens is 1. The molecule has 2 rings (SSSR count). The number of rotatable bonds is 3. The molecule has 3 nitrogen and oxygen atoms in total. The number of nitrogens with zero attached hydrogens (tertiary/aromatic N) is 2. The first-order valence-electron chi connectivity index (χ1n) is 5.04. The number of hydrogen-bond acceptors (Lipinski definition) is 3. The second-order valence-corrected chi connectivity index (χ2v) is 4.17. The summed E-state index contributed by atoms with van der Waals surface area (Å²) in [6.07, 6.45) is 8.42. The van der Waals surface area contributed by atoms with Crippen molar-refractivity contribution in [3.05, 3.63) is 36.2 Å². The van der Waals surface area contributed by atoms with Crippen molar-refractivity contribution < 1.29 is 0 Å². The topological polar surface area (TPSA) is 51.8 Å². The SMILES string of the molecule is Nc1ccc2nccnc2c1C=CCCBr. The van der Waals surface area contributed by atoms with Crippen LogP contribution >= 0.6 is 15.9 Å². The van der Waals surface area contributed by atoms with Gasteiger partial charge in [-0.25, -0.2) is 0 Å². The third-order valence-corrected chi connectivity index (χ3v) is 2.73. The van der Waals surface area contributed by atoms with Crippen molar-refractivity contribution in [3.63, 3.8) is 0 Å². The van der Waals surface area contributed by atoms with Crippen molar-refractivity contribution in [1.82, 2.24) is 9.97 Å². The predicted molar refractivity (Wildman–Crippen MR) is 71.4 cm³/mol. The van der Waals surface area contributed by atoms with E-state index in [1.165, 1.54) is 0 Å². The number of anilines is 1. The van der Waals surface area contributed by atoms with E-state index in [4.69, 9.17) is 5.73 Å². The van der Waals surface area contributed by atoms with Crippen LogP contribution in [-0.4, -0.2) is 15.3 Å². The molecule has 0 atom stereocenters. The van der Waals surface area contributed by atoms with E-state index in [1.54, 1.807) is 12.4 Å². The largest absolute Gasteiger partial charge is 0.398 e. The Kier molecular flexibility index (Phi) is 3.51. The molecule has 0 radical (unpaired) electrons. The van der Waals surface area contributed by atoms with Gasteiger partial charge in [-0.05, 0) is 18.6 Å². The third-order valence-electron chi connectivity index (χ3n) is 2.27. The van der Waals surface area contributed by atoms with Crippen molar-refractivity contribution in [2.75, 3.05) is 11.1 Å². The van der Waals surface area contributed by atoms with Gasteiger partial charge < -0.3 is 5.73 Å². The van der Waals surface area contributed by atoms with Crippen molar-refractivity contribution in [1.29, 1.82) is 0 Å². The minimum Gasteiger partial charge on any atom is -0.398 e. The fourth-order valence-corrected chi connectivity index (χ4v) is 1.78. The molecular formula is C12H12BrN3. The lowest BCUT2D eigenvalue weighted by atomic mass is 10.1. The van der Waals surface area contributed by atoms with Crippen LogP contribution in [0.1, 0.15) is 12.0 Å². The molecule has 0 aliphatic heterocycles. The smallest absolute Gasteiger partial charge is 0.0979 e. The van der Waals surface area contributed by atoms with E-state index < -0.39 is 0 Å². The maximum absolute atomic E-state index is 5.94.